The highest BCUT2D eigenvalue weighted by molar-refractivity contribution is 5.93. The van der Waals surface area contributed by atoms with Gasteiger partial charge in [0.1, 0.15) is 11.5 Å². The van der Waals surface area contributed by atoms with Gasteiger partial charge in [-0.2, -0.15) is 13.2 Å². The quantitative estimate of drug-likeness (QED) is 0.559. The first-order chi connectivity index (χ1) is 13.2. The number of nitrogens with zero attached hydrogens (tertiary/aromatic N) is 1. The summed E-state index contributed by atoms with van der Waals surface area (Å²) in [6.45, 7) is 2.01. The van der Waals surface area contributed by atoms with Gasteiger partial charge in [0, 0.05) is 18.7 Å². The highest BCUT2D eigenvalue weighted by atomic mass is 19.4. The lowest BCUT2D eigenvalue weighted by molar-refractivity contribution is -0.166. The molecule has 1 unspecified atom stereocenters. The standard InChI is InChI=1S/C17H20F3N5O3/c1-3-14(26)23-13-8-11(6-7-21-13)10(2)22-16(27)12-4-5-15(25-24-12)28-9-17(18,19)20/h4-8,10,24-25H,3,9H2,1-2H3,(H,22,27)(H,21,23,26). The van der Waals surface area contributed by atoms with Gasteiger partial charge in [-0.15, -0.1) is 0 Å². The Bertz CT molecular complexity index is 792. The summed E-state index contributed by atoms with van der Waals surface area (Å²) in [4.78, 5) is 27.8. The third kappa shape index (κ3) is 6.49. The molecule has 152 valence electrons. The zero-order chi connectivity index (χ0) is 20.7. The topological polar surface area (TPSA) is 104 Å². The molecular formula is C17H20F3N5O3. The number of hydrazine groups is 1. The molecule has 1 aromatic heterocycles. The van der Waals surface area contributed by atoms with Crippen LogP contribution in [0.15, 0.2) is 42.1 Å². The number of allylic oxidation sites excluding steroid dienone is 2. The number of hydrogen-bond acceptors (Lipinski definition) is 6. The highest BCUT2D eigenvalue weighted by Gasteiger charge is 2.29. The number of ether oxygens (including phenoxy) is 1. The second-order valence-corrected chi connectivity index (χ2v) is 5.84. The molecule has 1 atom stereocenters. The van der Waals surface area contributed by atoms with Crippen molar-refractivity contribution in [2.75, 3.05) is 11.9 Å². The zero-order valence-corrected chi connectivity index (χ0v) is 15.2. The highest BCUT2D eigenvalue weighted by Crippen LogP contribution is 2.17. The van der Waals surface area contributed by atoms with Gasteiger partial charge >= 0.3 is 6.18 Å². The van der Waals surface area contributed by atoms with Crippen LogP contribution >= 0.6 is 0 Å². The first kappa shape index (κ1) is 21.1. The van der Waals surface area contributed by atoms with Crippen molar-refractivity contribution >= 4 is 17.6 Å². The van der Waals surface area contributed by atoms with Gasteiger partial charge in [0.05, 0.1) is 6.04 Å². The second-order valence-electron chi connectivity index (χ2n) is 5.84. The second kappa shape index (κ2) is 9.11. The number of amides is 2. The third-order valence-electron chi connectivity index (χ3n) is 3.58. The molecule has 1 aromatic rings. The Balaban J connectivity index is 1.95. The number of pyridine rings is 1. The SMILES string of the molecule is CCC(=O)Nc1cc(C(C)NC(=O)C2=CC=C(OCC(F)(F)F)NN2)ccn1. The summed E-state index contributed by atoms with van der Waals surface area (Å²) in [5.41, 5.74) is 5.66. The summed E-state index contributed by atoms with van der Waals surface area (Å²) in [5, 5.41) is 5.36. The van der Waals surface area contributed by atoms with Gasteiger partial charge in [0.15, 0.2) is 6.61 Å². The molecule has 11 heteroatoms. The summed E-state index contributed by atoms with van der Waals surface area (Å²) < 4.78 is 40.9. The number of alkyl halides is 3. The number of nitrogens with one attached hydrogen (secondary N) is 4. The Morgan fingerprint density at radius 1 is 1.29 bits per heavy atom. The summed E-state index contributed by atoms with van der Waals surface area (Å²) in [6.07, 6.45) is -0.126. The molecule has 0 fully saturated rings. The van der Waals surface area contributed by atoms with E-state index in [-0.39, 0.29) is 17.5 Å². The lowest BCUT2D eigenvalue weighted by Crippen LogP contribution is -2.42. The summed E-state index contributed by atoms with van der Waals surface area (Å²) in [7, 11) is 0. The normalized spacial score (nSPS) is 14.6. The van der Waals surface area contributed by atoms with Crippen LogP contribution in [0, 0.1) is 0 Å². The van der Waals surface area contributed by atoms with E-state index in [0.29, 0.717) is 17.8 Å². The van der Waals surface area contributed by atoms with E-state index in [0.717, 1.165) is 0 Å². The average molecular weight is 399 g/mol. The summed E-state index contributed by atoms with van der Waals surface area (Å²) in [6, 6.07) is 2.92. The molecule has 2 heterocycles. The van der Waals surface area contributed by atoms with E-state index in [1.54, 1.807) is 26.0 Å². The maximum Gasteiger partial charge on any atom is 0.422 e. The Hall–Kier alpha value is -3.24. The molecule has 0 saturated heterocycles. The monoisotopic (exact) mass is 399 g/mol. The lowest BCUT2D eigenvalue weighted by atomic mass is 10.1. The van der Waals surface area contributed by atoms with Crippen LogP contribution in [0.3, 0.4) is 0 Å². The molecule has 8 nitrogen and oxygen atoms in total. The molecule has 0 saturated carbocycles. The van der Waals surface area contributed by atoms with Crippen molar-refractivity contribution in [1.82, 2.24) is 21.2 Å². The molecule has 4 N–H and O–H groups in total. The fraction of sp³-hybridized carbons (Fsp3) is 0.353. The molecular weight excluding hydrogens is 379 g/mol. The molecule has 2 rings (SSSR count). The predicted molar refractivity (Wildman–Crippen MR) is 94.2 cm³/mol. The van der Waals surface area contributed by atoms with E-state index < -0.39 is 24.7 Å². The molecule has 0 spiro atoms. The molecule has 0 bridgehead atoms. The largest absolute Gasteiger partial charge is 0.468 e. The maximum atomic E-state index is 12.3. The number of carbonyl (C=O) groups is 2. The summed E-state index contributed by atoms with van der Waals surface area (Å²) >= 11 is 0. The van der Waals surface area contributed by atoms with Crippen molar-refractivity contribution in [2.45, 2.75) is 32.5 Å². The number of anilines is 1. The Morgan fingerprint density at radius 3 is 2.64 bits per heavy atom. The van der Waals surface area contributed by atoms with E-state index in [1.807, 2.05) is 0 Å². The number of aromatic nitrogens is 1. The molecule has 1 aliphatic heterocycles. The minimum absolute atomic E-state index is 0.0970. The van der Waals surface area contributed by atoms with Crippen molar-refractivity contribution in [2.24, 2.45) is 0 Å². The van der Waals surface area contributed by atoms with E-state index in [2.05, 4.69) is 31.2 Å². The Kier molecular flexibility index (Phi) is 6.85. The number of rotatable bonds is 7. The molecule has 0 aliphatic carbocycles. The van der Waals surface area contributed by atoms with Crippen molar-refractivity contribution in [3.05, 3.63) is 47.6 Å². The average Bonchev–Trinajstić information content (AvgIpc) is 2.66. The predicted octanol–water partition coefficient (Wildman–Crippen LogP) is 2.02. The van der Waals surface area contributed by atoms with Crippen molar-refractivity contribution in [1.29, 1.82) is 0 Å². The van der Waals surface area contributed by atoms with E-state index in [9.17, 15) is 22.8 Å². The first-order valence-corrected chi connectivity index (χ1v) is 8.38. The maximum absolute atomic E-state index is 12.3. The fourth-order valence-corrected chi connectivity index (χ4v) is 2.12. The number of carbonyl (C=O) groups excluding carboxylic acids is 2. The van der Waals surface area contributed by atoms with Crippen LogP contribution in [0.5, 0.6) is 0 Å². The van der Waals surface area contributed by atoms with Crippen LogP contribution in [-0.2, 0) is 14.3 Å². The van der Waals surface area contributed by atoms with Gasteiger partial charge in [0.25, 0.3) is 5.91 Å². The van der Waals surface area contributed by atoms with Gasteiger partial charge in [-0.3, -0.25) is 20.4 Å². The van der Waals surface area contributed by atoms with Crippen LogP contribution < -0.4 is 21.5 Å². The lowest BCUT2D eigenvalue weighted by Gasteiger charge is -2.21. The molecule has 2 amide bonds. The fourth-order valence-electron chi connectivity index (χ4n) is 2.12. The van der Waals surface area contributed by atoms with Crippen LogP contribution in [0.4, 0.5) is 19.0 Å². The zero-order valence-electron chi connectivity index (χ0n) is 15.2. The minimum Gasteiger partial charge on any atom is -0.468 e. The van der Waals surface area contributed by atoms with Gasteiger partial charge in [-0.25, -0.2) is 4.98 Å². The van der Waals surface area contributed by atoms with Crippen LogP contribution in [-0.4, -0.2) is 29.6 Å². The minimum atomic E-state index is -4.46. The molecule has 0 aromatic carbocycles. The van der Waals surface area contributed by atoms with Crippen LogP contribution in [0.2, 0.25) is 0 Å². The molecule has 1 aliphatic rings. The van der Waals surface area contributed by atoms with E-state index in [1.165, 1.54) is 18.3 Å². The van der Waals surface area contributed by atoms with Crippen LogP contribution in [0.25, 0.3) is 0 Å². The van der Waals surface area contributed by atoms with Crippen molar-refractivity contribution in [3.63, 3.8) is 0 Å². The summed E-state index contributed by atoms with van der Waals surface area (Å²) in [5.74, 6) is -0.453. The number of hydrogen-bond donors (Lipinski definition) is 4. The van der Waals surface area contributed by atoms with Crippen molar-refractivity contribution < 1.29 is 27.5 Å². The smallest absolute Gasteiger partial charge is 0.422 e. The third-order valence-corrected chi connectivity index (χ3v) is 3.58. The van der Waals surface area contributed by atoms with Gasteiger partial charge in [0.2, 0.25) is 11.8 Å². The Labute approximate surface area is 159 Å². The van der Waals surface area contributed by atoms with Gasteiger partial charge in [-0.05, 0) is 30.7 Å². The molecule has 28 heavy (non-hydrogen) atoms. The molecule has 0 radical (unpaired) electrons. The van der Waals surface area contributed by atoms with E-state index in [4.69, 9.17) is 0 Å². The van der Waals surface area contributed by atoms with Crippen molar-refractivity contribution in [3.8, 4) is 0 Å². The Morgan fingerprint density at radius 2 is 2.04 bits per heavy atom. The van der Waals surface area contributed by atoms with Gasteiger partial charge in [-0.1, -0.05) is 6.92 Å². The van der Waals surface area contributed by atoms with E-state index >= 15 is 0 Å². The van der Waals surface area contributed by atoms with Crippen LogP contribution in [0.1, 0.15) is 31.9 Å². The number of halogens is 3. The first-order valence-electron chi connectivity index (χ1n) is 8.38. The van der Waals surface area contributed by atoms with Gasteiger partial charge < -0.3 is 15.4 Å².